The Labute approximate surface area is 125 Å². The number of rotatable bonds is 4. The van der Waals surface area contributed by atoms with E-state index in [0.717, 1.165) is 30.1 Å². The summed E-state index contributed by atoms with van der Waals surface area (Å²) in [6.45, 7) is 2.24. The molecule has 2 rings (SSSR count). The van der Waals surface area contributed by atoms with Gasteiger partial charge in [-0.2, -0.15) is 0 Å². The average molecular weight is 298 g/mol. The molecule has 0 saturated heterocycles. The van der Waals surface area contributed by atoms with Crippen molar-refractivity contribution in [2.75, 3.05) is 0 Å². The topological polar surface area (TPSA) is 35.2 Å². The van der Waals surface area contributed by atoms with Crippen molar-refractivity contribution in [1.82, 2.24) is 0 Å². The highest BCUT2D eigenvalue weighted by Crippen LogP contribution is 2.32. The summed E-state index contributed by atoms with van der Waals surface area (Å²) in [5, 5.41) is 0.651. The maximum Gasteiger partial charge on any atom is 0.131 e. The molecule has 0 radical (unpaired) electrons. The molecule has 0 amide bonds. The van der Waals surface area contributed by atoms with Crippen molar-refractivity contribution in [2.24, 2.45) is 11.7 Å². The fraction of sp³-hybridized carbons (Fsp3) is 0.533. The summed E-state index contributed by atoms with van der Waals surface area (Å²) >= 11 is 11.1. The van der Waals surface area contributed by atoms with Crippen LogP contribution in [0.15, 0.2) is 18.2 Å². The summed E-state index contributed by atoms with van der Waals surface area (Å²) in [6, 6.07) is 5.43. The molecule has 2 unspecified atom stereocenters. The van der Waals surface area contributed by atoms with E-state index in [1.807, 2.05) is 12.1 Å². The fourth-order valence-corrected chi connectivity index (χ4v) is 3.03. The molecule has 2 N–H and O–H groups in total. The molecule has 2 atom stereocenters. The van der Waals surface area contributed by atoms with E-state index in [0.29, 0.717) is 10.0 Å². The standard InChI is InChI=1S/C15H20ClNOS/c1-2-10-4-3-5-12(8-10)18-14-9-11(16)6-7-13(14)15(17)19/h6-7,9-10,12H,2-5,8H2,1H3,(H2,17,19). The van der Waals surface area contributed by atoms with Crippen LogP contribution in [-0.4, -0.2) is 11.1 Å². The Kier molecular flexibility index (Phi) is 5.06. The molecule has 1 fully saturated rings. The lowest BCUT2D eigenvalue weighted by atomic mass is 9.85. The molecule has 1 saturated carbocycles. The van der Waals surface area contributed by atoms with E-state index in [4.69, 9.17) is 34.3 Å². The maximum atomic E-state index is 6.11. The lowest BCUT2D eigenvalue weighted by molar-refractivity contribution is 0.122. The van der Waals surface area contributed by atoms with Crippen LogP contribution in [0.2, 0.25) is 5.02 Å². The zero-order valence-corrected chi connectivity index (χ0v) is 12.8. The first-order valence-electron chi connectivity index (χ1n) is 6.86. The van der Waals surface area contributed by atoms with Crippen LogP contribution < -0.4 is 10.5 Å². The average Bonchev–Trinajstić information content (AvgIpc) is 2.38. The van der Waals surface area contributed by atoms with Gasteiger partial charge in [-0.1, -0.05) is 43.6 Å². The van der Waals surface area contributed by atoms with Gasteiger partial charge in [0.2, 0.25) is 0 Å². The number of thiocarbonyl (C=S) groups is 1. The lowest BCUT2D eigenvalue weighted by Crippen LogP contribution is -2.26. The molecule has 0 aromatic heterocycles. The van der Waals surface area contributed by atoms with Gasteiger partial charge in [0.05, 0.1) is 11.7 Å². The van der Waals surface area contributed by atoms with Crippen LogP contribution in [0.4, 0.5) is 0 Å². The Morgan fingerprint density at radius 2 is 2.26 bits per heavy atom. The van der Waals surface area contributed by atoms with Gasteiger partial charge in [-0.3, -0.25) is 0 Å². The minimum atomic E-state index is 0.255. The summed E-state index contributed by atoms with van der Waals surface area (Å²) in [6.07, 6.45) is 6.22. The Hall–Kier alpha value is -0.800. The van der Waals surface area contributed by atoms with E-state index in [2.05, 4.69) is 6.92 Å². The largest absolute Gasteiger partial charge is 0.490 e. The molecule has 0 spiro atoms. The SMILES string of the molecule is CCC1CCCC(Oc2cc(Cl)ccc2C(N)=S)C1. The van der Waals surface area contributed by atoms with Gasteiger partial charge in [0.1, 0.15) is 10.7 Å². The number of ether oxygens (including phenoxy) is 1. The highest BCUT2D eigenvalue weighted by Gasteiger charge is 2.23. The second-order valence-corrected chi connectivity index (χ2v) is 6.06. The molecule has 1 aromatic rings. The zero-order chi connectivity index (χ0) is 13.8. The van der Waals surface area contributed by atoms with Crippen molar-refractivity contribution >= 4 is 28.8 Å². The lowest BCUT2D eigenvalue weighted by Gasteiger charge is -2.29. The zero-order valence-electron chi connectivity index (χ0n) is 11.2. The summed E-state index contributed by atoms with van der Waals surface area (Å²) in [5.74, 6) is 1.49. The molecule has 19 heavy (non-hydrogen) atoms. The van der Waals surface area contributed by atoms with Crippen LogP contribution in [0.3, 0.4) is 0 Å². The van der Waals surface area contributed by atoms with E-state index in [1.165, 1.54) is 19.3 Å². The molecule has 1 aliphatic carbocycles. The van der Waals surface area contributed by atoms with E-state index in [1.54, 1.807) is 6.07 Å². The minimum Gasteiger partial charge on any atom is -0.490 e. The van der Waals surface area contributed by atoms with Gasteiger partial charge in [-0.15, -0.1) is 0 Å². The number of nitrogens with two attached hydrogens (primary N) is 1. The Balaban J connectivity index is 2.13. The molecule has 104 valence electrons. The Morgan fingerprint density at radius 3 is 2.95 bits per heavy atom. The van der Waals surface area contributed by atoms with Crippen molar-refractivity contribution in [3.63, 3.8) is 0 Å². The van der Waals surface area contributed by atoms with Gasteiger partial charge in [0, 0.05) is 5.02 Å². The van der Waals surface area contributed by atoms with E-state index in [9.17, 15) is 0 Å². The van der Waals surface area contributed by atoms with E-state index in [-0.39, 0.29) is 6.10 Å². The molecule has 0 heterocycles. The fourth-order valence-electron chi connectivity index (χ4n) is 2.70. The second kappa shape index (κ2) is 6.58. The first kappa shape index (κ1) is 14.6. The highest BCUT2D eigenvalue weighted by atomic mass is 35.5. The summed E-state index contributed by atoms with van der Waals surface area (Å²) in [5.41, 5.74) is 6.51. The van der Waals surface area contributed by atoms with Gasteiger partial charge in [0.15, 0.2) is 0 Å². The third kappa shape index (κ3) is 3.83. The number of hydrogen-bond donors (Lipinski definition) is 1. The van der Waals surface area contributed by atoms with Gasteiger partial charge in [-0.05, 0) is 43.4 Å². The van der Waals surface area contributed by atoms with Crippen LogP contribution in [0.1, 0.15) is 44.6 Å². The molecule has 1 aromatic carbocycles. The predicted molar refractivity (Wildman–Crippen MR) is 84.0 cm³/mol. The van der Waals surface area contributed by atoms with Crippen molar-refractivity contribution in [2.45, 2.75) is 45.1 Å². The Morgan fingerprint density at radius 1 is 1.47 bits per heavy atom. The summed E-state index contributed by atoms with van der Waals surface area (Å²) in [7, 11) is 0. The quantitative estimate of drug-likeness (QED) is 0.841. The van der Waals surface area contributed by atoms with Crippen molar-refractivity contribution in [3.05, 3.63) is 28.8 Å². The van der Waals surface area contributed by atoms with Crippen LogP contribution in [0, 0.1) is 5.92 Å². The normalized spacial score (nSPS) is 23.1. The third-order valence-corrected chi connectivity index (χ3v) is 4.27. The Bertz CT molecular complexity index is 463. The number of halogens is 1. The van der Waals surface area contributed by atoms with Gasteiger partial charge in [0.25, 0.3) is 0 Å². The van der Waals surface area contributed by atoms with E-state index < -0.39 is 0 Å². The van der Waals surface area contributed by atoms with Crippen LogP contribution in [-0.2, 0) is 0 Å². The first-order valence-corrected chi connectivity index (χ1v) is 7.64. The van der Waals surface area contributed by atoms with E-state index >= 15 is 0 Å². The monoisotopic (exact) mass is 297 g/mol. The molecule has 2 nitrogen and oxygen atoms in total. The molecule has 4 heteroatoms. The second-order valence-electron chi connectivity index (χ2n) is 5.19. The van der Waals surface area contributed by atoms with Gasteiger partial charge in [-0.25, -0.2) is 0 Å². The first-order chi connectivity index (χ1) is 9.10. The number of hydrogen-bond acceptors (Lipinski definition) is 2. The van der Waals surface area contributed by atoms with Gasteiger partial charge < -0.3 is 10.5 Å². The molecular weight excluding hydrogens is 278 g/mol. The van der Waals surface area contributed by atoms with Crippen LogP contribution in [0.5, 0.6) is 5.75 Å². The van der Waals surface area contributed by atoms with Crippen LogP contribution >= 0.6 is 23.8 Å². The van der Waals surface area contributed by atoms with Crippen molar-refractivity contribution in [3.8, 4) is 5.75 Å². The summed E-state index contributed by atoms with van der Waals surface area (Å²) < 4.78 is 6.11. The van der Waals surface area contributed by atoms with Crippen molar-refractivity contribution in [1.29, 1.82) is 0 Å². The van der Waals surface area contributed by atoms with Gasteiger partial charge >= 0.3 is 0 Å². The summed E-state index contributed by atoms with van der Waals surface area (Å²) in [4.78, 5) is 0.356. The predicted octanol–water partition coefficient (Wildman–Crippen LogP) is 4.32. The smallest absolute Gasteiger partial charge is 0.131 e. The number of benzene rings is 1. The third-order valence-electron chi connectivity index (χ3n) is 3.81. The molecule has 0 bridgehead atoms. The van der Waals surface area contributed by atoms with Crippen molar-refractivity contribution < 1.29 is 4.74 Å². The molecule has 0 aliphatic heterocycles. The maximum absolute atomic E-state index is 6.11. The molecular formula is C15H20ClNOS. The van der Waals surface area contributed by atoms with Crippen LogP contribution in [0.25, 0.3) is 0 Å². The molecule has 1 aliphatic rings. The highest BCUT2D eigenvalue weighted by molar-refractivity contribution is 7.80. The minimum absolute atomic E-state index is 0.255.